The van der Waals surface area contributed by atoms with Gasteiger partial charge in [0, 0.05) is 28.7 Å². The number of thioether (sulfide) groups is 1. The van der Waals surface area contributed by atoms with Gasteiger partial charge in [0.25, 0.3) is 17.0 Å². The number of phenolic OH excluding ortho intramolecular Hbond substituents is 1. The number of carbonyl (C=O) groups excluding carboxylic acids is 1. The van der Waals surface area contributed by atoms with Crippen molar-refractivity contribution in [1.82, 2.24) is 10.1 Å². The molecule has 0 saturated heterocycles. The molecule has 4 rings (SSSR count). The molecule has 35 heavy (non-hydrogen) atoms. The predicted octanol–water partition coefficient (Wildman–Crippen LogP) is 4.44. The van der Waals surface area contributed by atoms with Gasteiger partial charge in [0.1, 0.15) is 5.75 Å². The highest BCUT2D eigenvalue weighted by Gasteiger charge is 2.45. The zero-order chi connectivity index (χ0) is 25.9. The van der Waals surface area contributed by atoms with Gasteiger partial charge in [-0.1, -0.05) is 70.1 Å². The molecular weight excluding hydrogens is 460 g/mol. The second-order valence-electron chi connectivity index (χ2n) is 10.9. The highest BCUT2D eigenvalue weighted by molar-refractivity contribution is 7.98. The van der Waals surface area contributed by atoms with E-state index in [9.17, 15) is 15.0 Å². The molecule has 1 unspecified atom stereocenters. The molecular formula is C27H32N4O3S. The lowest BCUT2D eigenvalue weighted by molar-refractivity contribution is -0.764. The Morgan fingerprint density at radius 3 is 2.17 bits per heavy atom. The van der Waals surface area contributed by atoms with Crippen LogP contribution in [0.3, 0.4) is 0 Å². The third kappa shape index (κ3) is 4.24. The quantitative estimate of drug-likeness (QED) is 0.420. The van der Waals surface area contributed by atoms with Crippen LogP contribution in [-0.2, 0) is 15.6 Å². The van der Waals surface area contributed by atoms with Gasteiger partial charge in [-0.05, 0) is 41.4 Å². The Labute approximate surface area is 210 Å². The van der Waals surface area contributed by atoms with Crippen molar-refractivity contribution >= 4 is 23.4 Å². The molecule has 2 aromatic carbocycles. The number of amides is 1. The summed E-state index contributed by atoms with van der Waals surface area (Å²) in [5, 5.41) is 29.5. The van der Waals surface area contributed by atoms with E-state index >= 15 is 0 Å². The number of nitrogens with zero attached hydrogens (tertiary/aromatic N) is 4. The first kappa shape index (κ1) is 25.0. The van der Waals surface area contributed by atoms with Crippen molar-refractivity contribution in [3.8, 4) is 22.9 Å². The van der Waals surface area contributed by atoms with Crippen LogP contribution in [0.1, 0.15) is 71.3 Å². The summed E-state index contributed by atoms with van der Waals surface area (Å²) in [5.41, 5.74) is 3.16. The maximum absolute atomic E-state index is 13.2. The first-order valence-electron chi connectivity index (χ1n) is 11.6. The van der Waals surface area contributed by atoms with E-state index in [1.807, 2.05) is 84.2 Å². The predicted molar refractivity (Wildman–Crippen MR) is 136 cm³/mol. The number of benzene rings is 2. The van der Waals surface area contributed by atoms with E-state index in [1.165, 1.54) is 18.7 Å². The average Bonchev–Trinajstić information content (AvgIpc) is 2.76. The number of phenols is 1. The summed E-state index contributed by atoms with van der Waals surface area (Å²) in [6.45, 7) is 13.8. The van der Waals surface area contributed by atoms with E-state index in [2.05, 4.69) is 4.98 Å². The summed E-state index contributed by atoms with van der Waals surface area (Å²) in [6, 6.07) is 11.2. The van der Waals surface area contributed by atoms with E-state index < -0.39 is 12.0 Å². The van der Waals surface area contributed by atoms with Crippen LogP contribution in [0.25, 0.3) is 11.3 Å². The Bertz CT molecular complexity index is 1290. The van der Waals surface area contributed by atoms with Crippen molar-refractivity contribution in [2.45, 2.75) is 70.6 Å². The van der Waals surface area contributed by atoms with Crippen LogP contribution in [0.5, 0.6) is 11.6 Å². The van der Waals surface area contributed by atoms with E-state index in [1.54, 1.807) is 9.58 Å². The minimum atomic E-state index is -0.721. The molecule has 0 fully saturated rings. The van der Waals surface area contributed by atoms with Crippen molar-refractivity contribution in [3.63, 3.8) is 0 Å². The van der Waals surface area contributed by atoms with Crippen molar-refractivity contribution < 1.29 is 19.7 Å². The highest BCUT2D eigenvalue weighted by Crippen LogP contribution is 2.45. The Kier molecular flexibility index (Phi) is 6.08. The van der Waals surface area contributed by atoms with Crippen molar-refractivity contribution in [1.29, 1.82) is 0 Å². The van der Waals surface area contributed by atoms with Gasteiger partial charge in [-0.15, -0.1) is 0 Å². The first-order chi connectivity index (χ1) is 16.3. The summed E-state index contributed by atoms with van der Waals surface area (Å²) in [6.07, 6.45) is 1.09. The smallest absolute Gasteiger partial charge is 0.293 e. The molecule has 1 atom stereocenters. The number of rotatable bonds is 2. The van der Waals surface area contributed by atoms with E-state index in [0.717, 1.165) is 16.7 Å². The van der Waals surface area contributed by atoms with Gasteiger partial charge in [0.15, 0.2) is 0 Å². The van der Waals surface area contributed by atoms with Gasteiger partial charge in [0.05, 0.1) is 17.1 Å². The maximum atomic E-state index is 13.2. The number of aromatic hydroxyl groups is 1. The van der Waals surface area contributed by atoms with Crippen molar-refractivity contribution in [2.75, 3.05) is 11.2 Å². The van der Waals surface area contributed by atoms with Crippen LogP contribution in [0.15, 0.2) is 41.6 Å². The molecule has 0 spiro atoms. The number of para-hydroxylation sites is 1. The molecule has 0 radical (unpaired) electrons. The lowest BCUT2D eigenvalue weighted by atomic mass is 9.78. The number of aromatic nitrogens is 3. The fraction of sp³-hybridized carbons (Fsp3) is 0.407. The van der Waals surface area contributed by atoms with Crippen LogP contribution in [0, 0.1) is 0 Å². The van der Waals surface area contributed by atoms with Crippen LogP contribution in [0.2, 0.25) is 0 Å². The molecule has 1 aromatic heterocycles. The van der Waals surface area contributed by atoms with Gasteiger partial charge >= 0.3 is 0 Å². The lowest BCUT2D eigenvalue weighted by Gasteiger charge is -2.34. The Hall–Kier alpha value is -3.13. The van der Waals surface area contributed by atoms with Gasteiger partial charge in [0.2, 0.25) is 5.91 Å². The molecule has 1 N–H and O–H groups in total. The number of fused-ring (bicyclic) bond motifs is 3. The maximum Gasteiger partial charge on any atom is 0.293 e. The van der Waals surface area contributed by atoms with Gasteiger partial charge in [-0.3, -0.25) is 4.79 Å². The molecule has 1 amide bonds. The summed E-state index contributed by atoms with van der Waals surface area (Å²) in [4.78, 5) is 19.0. The molecule has 0 bridgehead atoms. The number of carbonyl (C=O) groups is 1. The largest absolute Gasteiger partial charge is 0.854 e. The van der Waals surface area contributed by atoms with E-state index in [0.29, 0.717) is 22.1 Å². The molecule has 1 aliphatic rings. The molecule has 3 aromatic rings. The molecule has 0 aliphatic carbocycles. The number of hydrogen-bond acceptors (Lipinski definition) is 6. The summed E-state index contributed by atoms with van der Waals surface area (Å²) >= 11 is 1.27. The lowest BCUT2D eigenvalue weighted by Crippen LogP contribution is -2.58. The van der Waals surface area contributed by atoms with Gasteiger partial charge in [-0.2, -0.15) is 0 Å². The van der Waals surface area contributed by atoms with Gasteiger partial charge < -0.3 is 10.2 Å². The average molecular weight is 493 g/mol. The summed E-state index contributed by atoms with van der Waals surface area (Å²) in [5.74, 6) is -0.322. The van der Waals surface area contributed by atoms with E-state index in [-0.39, 0.29) is 22.5 Å². The third-order valence-corrected chi connectivity index (χ3v) is 6.82. The standard InChI is InChI=1S/C27H32N4O3S/c1-15(32)30-20-12-10-9-11-17(20)21-23(34)28-25(35-8)29-31(21)24(30)16-13-18(26(2,3)4)22(33)19(14-16)27(5,6)7/h9-14,24H,1-8H3,(H-,28,29,33,34). The Morgan fingerprint density at radius 1 is 1.09 bits per heavy atom. The zero-order valence-electron chi connectivity index (χ0n) is 21.5. The SMILES string of the molecule is CSc1nc([O-])c2[n+](n1)C(c1cc(C(C)(C)C)c(O)c(C(C)(C)C)c1)N(C(C)=O)c1ccccc1-2. The summed E-state index contributed by atoms with van der Waals surface area (Å²) in [7, 11) is 0. The van der Waals surface area contributed by atoms with Crippen molar-refractivity contribution in [2.24, 2.45) is 0 Å². The summed E-state index contributed by atoms with van der Waals surface area (Å²) < 4.78 is 1.62. The fourth-order valence-corrected chi connectivity index (χ4v) is 4.95. The number of hydrogen-bond donors (Lipinski definition) is 1. The van der Waals surface area contributed by atoms with Crippen LogP contribution in [0.4, 0.5) is 5.69 Å². The normalized spacial score (nSPS) is 15.5. The van der Waals surface area contributed by atoms with Crippen molar-refractivity contribution in [3.05, 3.63) is 53.1 Å². The minimum Gasteiger partial charge on any atom is -0.854 e. The fourth-order valence-electron chi connectivity index (χ4n) is 4.61. The van der Waals surface area contributed by atoms with Crippen LogP contribution >= 0.6 is 11.8 Å². The van der Waals surface area contributed by atoms with Crippen LogP contribution < -0.4 is 14.7 Å². The monoisotopic (exact) mass is 492 g/mol. The van der Waals surface area contributed by atoms with Crippen LogP contribution in [-0.4, -0.2) is 27.4 Å². The molecule has 0 saturated carbocycles. The third-order valence-electron chi connectivity index (χ3n) is 6.29. The molecule has 8 heteroatoms. The molecule has 1 aliphatic heterocycles. The van der Waals surface area contributed by atoms with E-state index in [4.69, 9.17) is 5.10 Å². The molecule has 7 nitrogen and oxygen atoms in total. The molecule has 184 valence electrons. The highest BCUT2D eigenvalue weighted by atomic mass is 32.2. The second kappa shape index (κ2) is 8.52. The molecule has 2 heterocycles. The zero-order valence-corrected chi connectivity index (χ0v) is 22.3. The number of anilines is 1. The first-order valence-corrected chi connectivity index (χ1v) is 12.8. The Morgan fingerprint density at radius 2 is 1.66 bits per heavy atom. The topological polar surface area (TPSA) is 93.3 Å². The minimum absolute atomic E-state index is 0.181. The second-order valence-corrected chi connectivity index (χ2v) is 11.7. The Balaban J connectivity index is 2.14. The van der Waals surface area contributed by atoms with Gasteiger partial charge in [-0.25, -0.2) is 9.88 Å².